The molecule has 1 rings (SSSR count). The Morgan fingerprint density at radius 2 is 1.93 bits per heavy atom. The molecule has 1 atom stereocenters. The summed E-state index contributed by atoms with van der Waals surface area (Å²) < 4.78 is 10.1. The van der Waals surface area contributed by atoms with E-state index < -0.39 is 6.10 Å². The molecule has 1 aromatic carbocycles. The summed E-state index contributed by atoms with van der Waals surface area (Å²) in [4.78, 5) is 0. The zero-order valence-corrected chi connectivity index (χ0v) is 9.13. The van der Waals surface area contributed by atoms with E-state index in [2.05, 4.69) is 0 Å². The van der Waals surface area contributed by atoms with Crippen LogP contribution in [0.1, 0.15) is 18.6 Å². The van der Waals surface area contributed by atoms with Gasteiger partial charge >= 0.3 is 0 Å². The van der Waals surface area contributed by atoms with E-state index in [1.54, 1.807) is 26.2 Å². The van der Waals surface area contributed by atoms with E-state index >= 15 is 0 Å². The molecule has 3 nitrogen and oxygen atoms in total. The fourth-order valence-corrected chi connectivity index (χ4v) is 1.62. The quantitative estimate of drug-likeness (QED) is 0.844. The summed E-state index contributed by atoms with van der Waals surface area (Å²) in [5.74, 6) is 1.14. The van der Waals surface area contributed by atoms with Gasteiger partial charge in [-0.3, -0.25) is 0 Å². The van der Waals surface area contributed by atoms with Crippen LogP contribution in [-0.4, -0.2) is 19.3 Å². The van der Waals surface area contributed by atoms with Gasteiger partial charge in [0.1, 0.15) is 11.5 Å². The van der Waals surface area contributed by atoms with Crippen molar-refractivity contribution >= 4 is 11.6 Å². The minimum absolute atomic E-state index is 0.441. The van der Waals surface area contributed by atoms with Crippen molar-refractivity contribution in [3.8, 4) is 11.5 Å². The number of hydrogen-bond donors (Lipinski definition) is 1. The molecule has 0 bridgehead atoms. The van der Waals surface area contributed by atoms with E-state index in [1.165, 1.54) is 7.11 Å². The summed E-state index contributed by atoms with van der Waals surface area (Å²) >= 11 is 5.97. The van der Waals surface area contributed by atoms with Gasteiger partial charge in [-0.1, -0.05) is 11.6 Å². The molecular formula is C10H13ClO3. The van der Waals surface area contributed by atoms with Crippen LogP contribution in [0.5, 0.6) is 11.5 Å². The Morgan fingerprint density at radius 3 is 2.36 bits per heavy atom. The highest BCUT2D eigenvalue weighted by Crippen LogP contribution is 2.35. The number of rotatable bonds is 3. The predicted octanol–water partition coefficient (Wildman–Crippen LogP) is 2.41. The molecule has 4 heteroatoms. The van der Waals surface area contributed by atoms with E-state index in [4.69, 9.17) is 21.1 Å². The molecule has 1 aromatic rings. The van der Waals surface area contributed by atoms with Crippen molar-refractivity contribution in [3.05, 3.63) is 22.7 Å². The fraction of sp³-hybridized carbons (Fsp3) is 0.400. The number of ether oxygens (including phenoxy) is 2. The molecule has 78 valence electrons. The highest BCUT2D eigenvalue weighted by Gasteiger charge is 2.14. The molecule has 1 unspecified atom stereocenters. The smallest absolute Gasteiger partial charge is 0.129 e. The zero-order chi connectivity index (χ0) is 10.7. The van der Waals surface area contributed by atoms with Crippen molar-refractivity contribution in [1.82, 2.24) is 0 Å². The Bertz CT molecular complexity index is 323. The first-order valence-electron chi connectivity index (χ1n) is 4.19. The van der Waals surface area contributed by atoms with Gasteiger partial charge in [-0.2, -0.15) is 0 Å². The van der Waals surface area contributed by atoms with Crippen molar-refractivity contribution in [2.24, 2.45) is 0 Å². The molecule has 0 radical (unpaired) electrons. The van der Waals surface area contributed by atoms with E-state index in [0.717, 1.165) is 0 Å². The van der Waals surface area contributed by atoms with Gasteiger partial charge in [-0.05, 0) is 13.0 Å². The molecular weight excluding hydrogens is 204 g/mol. The molecule has 0 saturated carbocycles. The third kappa shape index (κ3) is 2.11. The Morgan fingerprint density at radius 1 is 1.29 bits per heavy atom. The van der Waals surface area contributed by atoms with Crippen molar-refractivity contribution in [1.29, 1.82) is 0 Å². The van der Waals surface area contributed by atoms with Gasteiger partial charge in [0.15, 0.2) is 0 Å². The Kier molecular flexibility index (Phi) is 3.61. The maximum absolute atomic E-state index is 9.47. The number of hydrogen-bond acceptors (Lipinski definition) is 3. The van der Waals surface area contributed by atoms with Crippen LogP contribution < -0.4 is 9.47 Å². The molecule has 0 spiro atoms. The molecule has 0 aliphatic carbocycles. The van der Waals surface area contributed by atoms with Gasteiger partial charge in [0.05, 0.1) is 25.3 Å². The van der Waals surface area contributed by atoms with E-state index in [-0.39, 0.29) is 0 Å². The monoisotopic (exact) mass is 216 g/mol. The third-order valence-electron chi connectivity index (χ3n) is 1.94. The largest absolute Gasteiger partial charge is 0.497 e. The minimum atomic E-state index is -0.664. The maximum atomic E-state index is 9.47. The van der Waals surface area contributed by atoms with Gasteiger partial charge in [0.25, 0.3) is 0 Å². The lowest BCUT2D eigenvalue weighted by molar-refractivity contribution is 0.194. The van der Waals surface area contributed by atoms with Crippen LogP contribution in [0.4, 0.5) is 0 Å². The van der Waals surface area contributed by atoms with Gasteiger partial charge < -0.3 is 14.6 Å². The molecule has 0 amide bonds. The first-order chi connectivity index (χ1) is 6.60. The molecule has 0 heterocycles. The molecule has 0 fully saturated rings. The summed E-state index contributed by atoms with van der Waals surface area (Å²) in [6.45, 7) is 1.64. The van der Waals surface area contributed by atoms with E-state index in [1.807, 2.05) is 0 Å². The van der Waals surface area contributed by atoms with Crippen molar-refractivity contribution in [2.75, 3.05) is 14.2 Å². The number of benzene rings is 1. The number of aliphatic hydroxyl groups is 1. The van der Waals surface area contributed by atoms with Crippen LogP contribution in [0.3, 0.4) is 0 Å². The molecule has 0 aromatic heterocycles. The maximum Gasteiger partial charge on any atom is 0.129 e. The second-order valence-corrected chi connectivity index (χ2v) is 3.31. The van der Waals surface area contributed by atoms with E-state index in [9.17, 15) is 5.11 Å². The minimum Gasteiger partial charge on any atom is -0.497 e. The third-order valence-corrected chi connectivity index (χ3v) is 2.25. The first-order valence-corrected chi connectivity index (χ1v) is 4.57. The highest BCUT2D eigenvalue weighted by molar-refractivity contribution is 6.31. The zero-order valence-electron chi connectivity index (χ0n) is 8.37. The average Bonchev–Trinajstić information content (AvgIpc) is 2.15. The van der Waals surface area contributed by atoms with Crippen LogP contribution in [0, 0.1) is 0 Å². The fourth-order valence-electron chi connectivity index (χ4n) is 1.26. The summed E-state index contributed by atoms with van der Waals surface area (Å²) in [6, 6.07) is 3.33. The summed E-state index contributed by atoms with van der Waals surface area (Å²) in [7, 11) is 3.07. The Balaban J connectivity index is 3.27. The van der Waals surface area contributed by atoms with Crippen molar-refractivity contribution < 1.29 is 14.6 Å². The van der Waals surface area contributed by atoms with Crippen LogP contribution >= 0.6 is 11.6 Å². The van der Waals surface area contributed by atoms with Crippen molar-refractivity contribution in [2.45, 2.75) is 13.0 Å². The van der Waals surface area contributed by atoms with Crippen LogP contribution in [0.2, 0.25) is 5.02 Å². The first kappa shape index (κ1) is 11.1. The Labute approximate surface area is 88.2 Å². The van der Waals surface area contributed by atoms with Crippen LogP contribution in [0.15, 0.2) is 12.1 Å². The van der Waals surface area contributed by atoms with Crippen LogP contribution in [0.25, 0.3) is 0 Å². The van der Waals surface area contributed by atoms with Gasteiger partial charge in [0.2, 0.25) is 0 Å². The second kappa shape index (κ2) is 4.53. The summed E-state index contributed by atoms with van der Waals surface area (Å²) in [6.07, 6.45) is -0.664. The topological polar surface area (TPSA) is 38.7 Å². The second-order valence-electron chi connectivity index (χ2n) is 2.90. The van der Waals surface area contributed by atoms with Gasteiger partial charge in [-0.15, -0.1) is 0 Å². The molecule has 0 saturated heterocycles. The van der Waals surface area contributed by atoms with Crippen molar-refractivity contribution in [3.63, 3.8) is 0 Å². The highest BCUT2D eigenvalue weighted by atomic mass is 35.5. The summed E-state index contributed by atoms with van der Waals surface area (Å²) in [5, 5.41) is 9.92. The standard InChI is InChI=1S/C10H13ClO3/c1-6(12)10-8(11)4-7(13-2)5-9(10)14-3/h4-6,12H,1-3H3. The molecule has 0 aliphatic heterocycles. The average molecular weight is 217 g/mol. The number of aliphatic hydroxyl groups excluding tert-OH is 1. The van der Waals surface area contributed by atoms with Gasteiger partial charge in [0, 0.05) is 11.6 Å². The Hall–Kier alpha value is -0.930. The lowest BCUT2D eigenvalue weighted by atomic mass is 10.1. The molecule has 14 heavy (non-hydrogen) atoms. The van der Waals surface area contributed by atoms with Gasteiger partial charge in [-0.25, -0.2) is 0 Å². The van der Waals surface area contributed by atoms with E-state index in [0.29, 0.717) is 22.1 Å². The molecule has 1 N–H and O–H groups in total. The summed E-state index contributed by atoms with van der Waals surface area (Å²) in [5.41, 5.74) is 0.579. The lowest BCUT2D eigenvalue weighted by Crippen LogP contribution is -1.98. The SMILES string of the molecule is COc1cc(Cl)c(C(C)O)c(OC)c1. The molecule has 0 aliphatic rings. The predicted molar refractivity (Wildman–Crippen MR) is 55.2 cm³/mol. The van der Waals surface area contributed by atoms with Crippen LogP contribution in [-0.2, 0) is 0 Å². The normalized spacial score (nSPS) is 12.4. The lowest BCUT2D eigenvalue weighted by Gasteiger charge is -2.14. The number of methoxy groups -OCH3 is 2. The number of halogens is 1.